The highest BCUT2D eigenvalue weighted by Crippen LogP contribution is 2.23. The highest BCUT2D eigenvalue weighted by atomic mass is 79.9. The van der Waals surface area contributed by atoms with E-state index < -0.39 is 18.6 Å². The van der Waals surface area contributed by atoms with Gasteiger partial charge in [-0.05, 0) is 18.2 Å². The molecule has 1 unspecified atom stereocenters. The average Bonchev–Trinajstić information content (AvgIpc) is 2.28. The number of methoxy groups -OCH3 is 1. The molecule has 0 radical (unpaired) electrons. The molecule has 0 fully saturated rings. The van der Waals surface area contributed by atoms with Crippen molar-refractivity contribution in [3.63, 3.8) is 0 Å². The first-order valence-electron chi connectivity index (χ1n) is 4.52. The molecular formula is C10H9BrF3NO2. The van der Waals surface area contributed by atoms with E-state index in [-0.39, 0.29) is 11.3 Å². The Balaban J connectivity index is 2.89. The van der Waals surface area contributed by atoms with Crippen LogP contribution in [0.2, 0.25) is 0 Å². The van der Waals surface area contributed by atoms with E-state index in [4.69, 9.17) is 4.74 Å². The zero-order chi connectivity index (χ0) is 13.0. The van der Waals surface area contributed by atoms with Gasteiger partial charge in [-0.15, -0.1) is 0 Å². The molecule has 0 bridgehead atoms. The van der Waals surface area contributed by atoms with Gasteiger partial charge < -0.3 is 10.1 Å². The molecule has 0 saturated carbocycles. The Labute approximate surface area is 104 Å². The lowest BCUT2D eigenvalue weighted by molar-refractivity contribution is 0.0286. The van der Waals surface area contributed by atoms with Crippen molar-refractivity contribution < 1.29 is 22.7 Å². The average molecular weight is 312 g/mol. The van der Waals surface area contributed by atoms with Gasteiger partial charge >= 0.3 is 0 Å². The highest BCUT2D eigenvalue weighted by molar-refractivity contribution is 9.10. The fourth-order valence-electron chi connectivity index (χ4n) is 1.12. The van der Waals surface area contributed by atoms with Gasteiger partial charge in [-0.3, -0.25) is 4.79 Å². The van der Waals surface area contributed by atoms with Crippen molar-refractivity contribution in [2.24, 2.45) is 0 Å². The summed E-state index contributed by atoms with van der Waals surface area (Å²) < 4.78 is 42.0. The van der Waals surface area contributed by atoms with Crippen LogP contribution in [0.25, 0.3) is 0 Å². The van der Waals surface area contributed by atoms with Crippen LogP contribution in [0.15, 0.2) is 22.7 Å². The standard InChI is InChI=1S/C10H9BrF3NO2/c1-17-7-4-5(11)2-3-6(7)10(16)15-9(14)8(12)13/h2-4,8-9H,1H3,(H,15,16). The van der Waals surface area contributed by atoms with Gasteiger partial charge in [0.1, 0.15) is 5.75 Å². The van der Waals surface area contributed by atoms with Gasteiger partial charge in [-0.25, -0.2) is 13.2 Å². The number of alkyl halides is 3. The summed E-state index contributed by atoms with van der Waals surface area (Å²) in [6, 6.07) is 4.34. The number of hydrogen-bond acceptors (Lipinski definition) is 2. The summed E-state index contributed by atoms with van der Waals surface area (Å²) >= 11 is 3.15. The molecule has 0 aromatic heterocycles. The molecule has 0 heterocycles. The minimum Gasteiger partial charge on any atom is -0.496 e. The number of carbonyl (C=O) groups excluding carboxylic acids is 1. The fraction of sp³-hybridized carbons (Fsp3) is 0.300. The maximum atomic E-state index is 12.6. The van der Waals surface area contributed by atoms with Crippen molar-refractivity contribution in [1.29, 1.82) is 0 Å². The number of carbonyl (C=O) groups is 1. The molecule has 0 aliphatic rings. The topological polar surface area (TPSA) is 38.3 Å². The minimum atomic E-state index is -3.26. The third-order valence-corrected chi connectivity index (χ3v) is 2.39. The summed E-state index contributed by atoms with van der Waals surface area (Å²) in [5, 5.41) is 1.54. The smallest absolute Gasteiger partial charge is 0.287 e. The lowest BCUT2D eigenvalue weighted by Crippen LogP contribution is -2.36. The third kappa shape index (κ3) is 3.62. The summed E-state index contributed by atoms with van der Waals surface area (Å²) in [4.78, 5) is 11.5. The number of benzene rings is 1. The Hall–Kier alpha value is -1.24. The van der Waals surface area contributed by atoms with E-state index in [1.807, 2.05) is 0 Å². The summed E-state index contributed by atoms with van der Waals surface area (Å²) in [6.45, 7) is 0. The molecule has 0 spiro atoms. The van der Waals surface area contributed by atoms with Gasteiger partial charge in [-0.2, -0.15) is 0 Å². The highest BCUT2D eigenvalue weighted by Gasteiger charge is 2.23. The fourth-order valence-corrected chi connectivity index (χ4v) is 1.46. The molecule has 0 saturated heterocycles. The van der Waals surface area contributed by atoms with Crippen molar-refractivity contribution in [2.45, 2.75) is 12.7 Å². The van der Waals surface area contributed by atoms with Crippen LogP contribution in [0.4, 0.5) is 13.2 Å². The molecule has 7 heteroatoms. The molecule has 1 rings (SSSR count). The zero-order valence-corrected chi connectivity index (χ0v) is 10.3. The number of halogens is 4. The Bertz CT molecular complexity index is 415. The molecule has 17 heavy (non-hydrogen) atoms. The summed E-state index contributed by atoms with van der Waals surface area (Å²) in [6.07, 6.45) is -5.96. The number of nitrogens with one attached hydrogen (secondary N) is 1. The van der Waals surface area contributed by atoms with Crippen molar-refractivity contribution >= 4 is 21.8 Å². The molecule has 1 amide bonds. The predicted molar refractivity (Wildman–Crippen MR) is 59.1 cm³/mol. The summed E-state index contributed by atoms with van der Waals surface area (Å²) in [5.74, 6) is -0.791. The second-order valence-corrected chi connectivity index (χ2v) is 3.97. The number of ether oxygens (including phenoxy) is 1. The van der Waals surface area contributed by atoms with E-state index in [2.05, 4.69) is 15.9 Å². The van der Waals surface area contributed by atoms with Gasteiger partial charge in [0.25, 0.3) is 12.3 Å². The van der Waals surface area contributed by atoms with E-state index in [0.29, 0.717) is 4.47 Å². The second-order valence-electron chi connectivity index (χ2n) is 3.05. The lowest BCUT2D eigenvalue weighted by atomic mass is 10.2. The Morgan fingerprint density at radius 1 is 1.41 bits per heavy atom. The van der Waals surface area contributed by atoms with E-state index >= 15 is 0 Å². The SMILES string of the molecule is COc1cc(Br)ccc1C(=O)NC(F)C(F)F. The quantitative estimate of drug-likeness (QED) is 0.868. The largest absolute Gasteiger partial charge is 0.496 e. The number of hydrogen-bond donors (Lipinski definition) is 1. The molecule has 0 aliphatic heterocycles. The zero-order valence-electron chi connectivity index (χ0n) is 8.72. The molecule has 1 N–H and O–H groups in total. The number of amides is 1. The first-order valence-corrected chi connectivity index (χ1v) is 5.31. The van der Waals surface area contributed by atoms with Gasteiger partial charge in [0.2, 0.25) is 6.30 Å². The van der Waals surface area contributed by atoms with Gasteiger partial charge in [0.05, 0.1) is 12.7 Å². The van der Waals surface area contributed by atoms with Crippen LogP contribution in [0.5, 0.6) is 5.75 Å². The first kappa shape index (κ1) is 13.8. The molecule has 1 atom stereocenters. The van der Waals surface area contributed by atoms with Crippen molar-refractivity contribution in [1.82, 2.24) is 5.32 Å². The normalized spacial score (nSPS) is 12.4. The maximum absolute atomic E-state index is 12.6. The van der Waals surface area contributed by atoms with Crippen LogP contribution in [0, 0.1) is 0 Å². The molecule has 1 aromatic carbocycles. The van der Waals surface area contributed by atoms with Crippen LogP contribution in [-0.4, -0.2) is 25.7 Å². The van der Waals surface area contributed by atoms with Crippen LogP contribution < -0.4 is 10.1 Å². The first-order chi connectivity index (χ1) is 7.95. The van der Waals surface area contributed by atoms with E-state index in [1.54, 1.807) is 0 Å². The third-order valence-electron chi connectivity index (χ3n) is 1.90. The van der Waals surface area contributed by atoms with E-state index in [9.17, 15) is 18.0 Å². The van der Waals surface area contributed by atoms with Crippen LogP contribution in [-0.2, 0) is 0 Å². The van der Waals surface area contributed by atoms with Crippen LogP contribution in [0.1, 0.15) is 10.4 Å². The monoisotopic (exact) mass is 311 g/mol. The molecule has 94 valence electrons. The minimum absolute atomic E-state index is 0.0148. The summed E-state index contributed by atoms with van der Waals surface area (Å²) in [7, 11) is 1.32. The van der Waals surface area contributed by atoms with Gasteiger partial charge in [0.15, 0.2) is 0 Å². The molecule has 3 nitrogen and oxygen atoms in total. The predicted octanol–water partition coefficient (Wildman–Crippen LogP) is 2.75. The van der Waals surface area contributed by atoms with E-state index in [1.165, 1.54) is 30.6 Å². The Morgan fingerprint density at radius 3 is 2.59 bits per heavy atom. The van der Waals surface area contributed by atoms with Gasteiger partial charge in [0, 0.05) is 4.47 Å². The molecule has 1 aromatic rings. The Morgan fingerprint density at radius 2 is 2.06 bits per heavy atom. The summed E-state index contributed by atoms with van der Waals surface area (Å²) in [5.41, 5.74) is -0.0148. The van der Waals surface area contributed by atoms with Crippen LogP contribution in [0.3, 0.4) is 0 Å². The van der Waals surface area contributed by atoms with Crippen molar-refractivity contribution in [3.05, 3.63) is 28.2 Å². The molecule has 0 aliphatic carbocycles. The molecular weight excluding hydrogens is 303 g/mol. The van der Waals surface area contributed by atoms with Crippen molar-refractivity contribution in [2.75, 3.05) is 7.11 Å². The Kier molecular flexibility index (Phi) is 4.80. The lowest BCUT2D eigenvalue weighted by Gasteiger charge is -2.12. The van der Waals surface area contributed by atoms with Gasteiger partial charge in [-0.1, -0.05) is 15.9 Å². The number of rotatable bonds is 4. The maximum Gasteiger partial charge on any atom is 0.287 e. The van der Waals surface area contributed by atoms with Crippen molar-refractivity contribution in [3.8, 4) is 5.75 Å². The van der Waals surface area contributed by atoms with Crippen LogP contribution >= 0.6 is 15.9 Å². The second kappa shape index (κ2) is 5.90. The van der Waals surface area contributed by atoms with E-state index in [0.717, 1.165) is 0 Å².